The number of halogens is 2. The molecule has 1 rings (SSSR count). The molecular formula is C8H11F2N3. The smallest absolute Gasteiger partial charge is 0.240 e. The third kappa shape index (κ3) is 3.31. The fourth-order valence-electron chi connectivity index (χ4n) is 0.881. The van der Waals surface area contributed by atoms with Crippen molar-refractivity contribution in [3.05, 3.63) is 18.1 Å². The van der Waals surface area contributed by atoms with Crippen LogP contribution in [0.15, 0.2) is 12.4 Å². The molecular weight excluding hydrogens is 176 g/mol. The van der Waals surface area contributed by atoms with E-state index in [1.54, 1.807) is 13.1 Å². The molecule has 0 aliphatic carbocycles. The summed E-state index contributed by atoms with van der Waals surface area (Å²) in [5, 5.41) is 2.79. The van der Waals surface area contributed by atoms with E-state index in [0.29, 0.717) is 5.82 Å². The zero-order valence-electron chi connectivity index (χ0n) is 7.30. The predicted molar refractivity (Wildman–Crippen MR) is 45.9 cm³/mol. The Kier molecular flexibility index (Phi) is 3.54. The van der Waals surface area contributed by atoms with E-state index in [2.05, 4.69) is 15.3 Å². The van der Waals surface area contributed by atoms with Crippen LogP contribution in [0.5, 0.6) is 0 Å². The zero-order chi connectivity index (χ0) is 9.68. The van der Waals surface area contributed by atoms with Crippen LogP contribution in [0.2, 0.25) is 0 Å². The second kappa shape index (κ2) is 4.69. The largest absolute Gasteiger partial charge is 0.368 e. The van der Waals surface area contributed by atoms with Crippen LogP contribution >= 0.6 is 0 Å². The molecule has 0 saturated carbocycles. The molecule has 0 spiro atoms. The second-order valence-electron chi connectivity index (χ2n) is 2.60. The van der Waals surface area contributed by atoms with Gasteiger partial charge in [0.05, 0.1) is 5.69 Å². The van der Waals surface area contributed by atoms with Gasteiger partial charge in [0, 0.05) is 25.4 Å². The maximum atomic E-state index is 11.8. The lowest BCUT2D eigenvalue weighted by atomic mass is 10.4. The van der Waals surface area contributed by atoms with Gasteiger partial charge in [0.25, 0.3) is 0 Å². The van der Waals surface area contributed by atoms with E-state index >= 15 is 0 Å². The van der Waals surface area contributed by atoms with Crippen molar-refractivity contribution < 1.29 is 8.78 Å². The van der Waals surface area contributed by atoms with Gasteiger partial charge < -0.3 is 5.32 Å². The van der Waals surface area contributed by atoms with E-state index in [0.717, 1.165) is 5.69 Å². The van der Waals surface area contributed by atoms with Crippen LogP contribution < -0.4 is 5.32 Å². The normalized spacial score (nSPS) is 10.5. The Morgan fingerprint density at radius 1 is 1.38 bits per heavy atom. The highest BCUT2D eigenvalue weighted by atomic mass is 19.3. The van der Waals surface area contributed by atoms with Gasteiger partial charge in [-0.05, 0) is 6.92 Å². The summed E-state index contributed by atoms with van der Waals surface area (Å²) in [6.45, 7) is 1.99. The van der Waals surface area contributed by atoms with Gasteiger partial charge in [0.2, 0.25) is 6.43 Å². The van der Waals surface area contributed by atoms with Crippen molar-refractivity contribution in [3.8, 4) is 0 Å². The average molecular weight is 187 g/mol. The van der Waals surface area contributed by atoms with Gasteiger partial charge in [0.1, 0.15) is 5.82 Å². The van der Waals surface area contributed by atoms with E-state index in [1.807, 2.05) is 0 Å². The van der Waals surface area contributed by atoms with Gasteiger partial charge >= 0.3 is 0 Å². The number of nitrogens with one attached hydrogen (secondary N) is 1. The number of hydrogen-bond donors (Lipinski definition) is 1. The molecule has 0 aromatic carbocycles. The fourth-order valence-corrected chi connectivity index (χ4v) is 0.881. The molecule has 13 heavy (non-hydrogen) atoms. The van der Waals surface area contributed by atoms with E-state index in [9.17, 15) is 8.78 Å². The zero-order valence-corrected chi connectivity index (χ0v) is 7.30. The highest BCUT2D eigenvalue weighted by Crippen LogP contribution is 2.06. The first-order valence-electron chi connectivity index (χ1n) is 4.00. The lowest BCUT2D eigenvalue weighted by Gasteiger charge is -2.05. The average Bonchev–Trinajstić information content (AvgIpc) is 2.08. The van der Waals surface area contributed by atoms with Crippen molar-refractivity contribution in [1.82, 2.24) is 9.97 Å². The van der Waals surface area contributed by atoms with Crippen molar-refractivity contribution in [2.24, 2.45) is 0 Å². The third-order valence-corrected chi connectivity index (χ3v) is 1.54. The molecule has 1 N–H and O–H groups in total. The van der Waals surface area contributed by atoms with Crippen LogP contribution in [0.4, 0.5) is 14.6 Å². The highest BCUT2D eigenvalue weighted by Gasteiger charge is 2.03. The third-order valence-electron chi connectivity index (χ3n) is 1.54. The van der Waals surface area contributed by atoms with Gasteiger partial charge in [-0.3, -0.25) is 4.98 Å². The maximum Gasteiger partial charge on any atom is 0.240 e. The van der Waals surface area contributed by atoms with Crippen LogP contribution in [0, 0.1) is 6.92 Å². The van der Waals surface area contributed by atoms with E-state index in [-0.39, 0.29) is 13.0 Å². The number of rotatable bonds is 4. The van der Waals surface area contributed by atoms with Crippen molar-refractivity contribution in [2.45, 2.75) is 19.8 Å². The summed E-state index contributed by atoms with van der Waals surface area (Å²) in [6, 6.07) is 0. The number of alkyl halides is 2. The molecule has 1 aromatic heterocycles. The molecule has 0 radical (unpaired) electrons. The summed E-state index contributed by atoms with van der Waals surface area (Å²) < 4.78 is 23.5. The molecule has 0 saturated heterocycles. The minimum Gasteiger partial charge on any atom is -0.368 e. The molecule has 3 nitrogen and oxygen atoms in total. The molecule has 0 bridgehead atoms. The first-order chi connectivity index (χ1) is 6.20. The number of aromatic nitrogens is 2. The van der Waals surface area contributed by atoms with Crippen LogP contribution in [-0.2, 0) is 0 Å². The summed E-state index contributed by atoms with van der Waals surface area (Å²) in [5.41, 5.74) is 0.719. The highest BCUT2D eigenvalue weighted by molar-refractivity contribution is 5.37. The van der Waals surface area contributed by atoms with Crippen molar-refractivity contribution in [2.75, 3.05) is 11.9 Å². The van der Waals surface area contributed by atoms with Gasteiger partial charge in [0.15, 0.2) is 0 Å². The summed E-state index contributed by atoms with van der Waals surface area (Å²) in [7, 11) is 0. The Hall–Kier alpha value is -1.26. The van der Waals surface area contributed by atoms with Crippen LogP contribution in [0.3, 0.4) is 0 Å². The fraction of sp³-hybridized carbons (Fsp3) is 0.500. The second-order valence-corrected chi connectivity index (χ2v) is 2.60. The molecule has 0 amide bonds. The van der Waals surface area contributed by atoms with Gasteiger partial charge in [-0.15, -0.1) is 0 Å². The van der Waals surface area contributed by atoms with Gasteiger partial charge in [-0.1, -0.05) is 0 Å². The van der Waals surface area contributed by atoms with Crippen LogP contribution in [0.25, 0.3) is 0 Å². The Morgan fingerprint density at radius 2 is 2.08 bits per heavy atom. The molecule has 0 fully saturated rings. The van der Waals surface area contributed by atoms with Crippen molar-refractivity contribution in [3.63, 3.8) is 0 Å². The summed E-state index contributed by atoms with van der Waals surface area (Å²) in [4.78, 5) is 7.92. The SMILES string of the molecule is Cc1nccnc1NCCC(F)F. The lowest BCUT2D eigenvalue weighted by molar-refractivity contribution is 0.142. The number of aryl methyl sites for hydroxylation is 1. The van der Waals surface area contributed by atoms with Crippen LogP contribution in [-0.4, -0.2) is 22.9 Å². The first kappa shape index (κ1) is 9.83. The topological polar surface area (TPSA) is 37.8 Å². The molecule has 1 heterocycles. The monoisotopic (exact) mass is 187 g/mol. The van der Waals surface area contributed by atoms with E-state index < -0.39 is 6.43 Å². The summed E-state index contributed by atoms with van der Waals surface area (Å²) in [5.74, 6) is 0.572. The van der Waals surface area contributed by atoms with Crippen molar-refractivity contribution >= 4 is 5.82 Å². The first-order valence-corrected chi connectivity index (χ1v) is 4.00. The molecule has 0 aliphatic heterocycles. The quantitative estimate of drug-likeness (QED) is 0.781. The number of nitrogens with zero attached hydrogens (tertiary/aromatic N) is 2. The maximum absolute atomic E-state index is 11.8. The Labute approximate surface area is 75.2 Å². The predicted octanol–water partition coefficient (Wildman–Crippen LogP) is 1.85. The molecule has 1 aromatic rings. The summed E-state index contributed by atoms with van der Waals surface area (Å²) >= 11 is 0. The minimum atomic E-state index is -2.27. The van der Waals surface area contributed by atoms with Crippen molar-refractivity contribution in [1.29, 1.82) is 0 Å². The Morgan fingerprint density at radius 3 is 2.69 bits per heavy atom. The lowest BCUT2D eigenvalue weighted by Crippen LogP contribution is -2.08. The molecule has 5 heteroatoms. The Bertz CT molecular complexity index is 265. The minimum absolute atomic E-state index is 0.171. The number of hydrogen-bond acceptors (Lipinski definition) is 3. The molecule has 0 aliphatic rings. The molecule has 0 unspecified atom stereocenters. The van der Waals surface area contributed by atoms with Gasteiger partial charge in [-0.2, -0.15) is 0 Å². The molecule has 72 valence electrons. The standard InChI is InChI=1S/C8H11F2N3/c1-6-8(13-5-4-11-6)12-3-2-7(9)10/h4-5,7H,2-3H2,1H3,(H,12,13). The Balaban J connectivity index is 2.41. The number of anilines is 1. The van der Waals surface area contributed by atoms with E-state index in [1.165, 1.54) is 6.20 Å². The molecule has 0 atom stereocenters. The summed E-state index contributed by atoms with van der Waals surface area (Å²) in [6.07, 6.45) is 0.644. The van der Waals surface area contributed by atoms with Crippen LogP contribution in [0.1, 0.15) is 12.1 Å². The van der Waals surface area contributed by atoms with Gasteiger partial charge in [-0.25, -0.2) is 13.8 Å². The van der Waals surface area contributed by atoms with E-state index in [4.69, 9.17) is 0 Å².